The summed E-state index contributed by atoms with van der Waals surface area (Å²) in [5.74, 6) is 1.34. The van der Waals surface area contributed by atoms with Gasteiger partial charge in [0.15, 0.2) is 0 Å². The van der Waals surface area contributed by atoms with Crippen molar-refractivity contribution in [2.24, 2.45) is 0 Å². The second-order valence-electron chi connectivity index (χ2n) is 8.23. The lowest BCUT2D eigenvalue weighted by Crippen LogP contribution is -2.50. The molecule has 0 aliphatic heterocycles. The average molecular weight is 441 g/mol. The second-order valence-corrected chi connectivity index (χ2v) is 8.23. The van der Waals surface area contributed by atoms with Crippen molar-refractivity contribution in [3.8, 4) is 11.5 Å². The highest BCUT2D eigenvalue weighted by atomic mass is 16.5. The maximum absolute atomic E-state index is 13.2. The molecule has 0 saturated heterocycles. The monoisotopic (exact) mass is 440 g/mol. The number of hydrogen-bond acceptors (Lipinski definition) is 4. The SMILES string of the molecule is CCC(C(=O)NC(C)C)N(Cc1cccc(C)c1)C(=O)CCCOc1ccc(OC)cc1. The van der Waals surface area contributed by atoms with Crippen LogP contribution in [0, 0.1) is 6.92 Å². The van der Waals surface area contributed by atoms with E-state index in [1.165, 1.54) is 0 Å². The molecule has 0 spiro atoms. The molecule has 6 nitrogen and oxygen atoms in total. The molecular weight excluding hydrogens is 404 g/mol. The average Bonchev–Trinajstić information content (AvgIpc) is 2.76. The van der Waals surface area contributed by atoms with Gasteiger partial charge in [0.25, 0.3) is 0 Å². The number of amides is 2. The number of carbonyl (C=O) groups excluding carboxylic acids is 2. The zero-order chi connectivity index (χ0) is 23.5. The highest BCUT2D eigenvalue weighted by Gasteiger charge is 2.28. The summed E-state index contributed by atoms with van der Waals surface area (Å²) in [5.41, 5.74) is 2.14. The first-order valence-corrected chi connectivity index (χ1v) is 11.3. The Labute approximate surface area is 191 Å². The number of carbonyl (C=O) groups is 2. The normalized spacial score (nSPS) is 11.7. The fraction of sp³-hybridized carbons (Fsp3) is 0.462. The third-order valence-corrected chi connectivity index (χ3v) is 5.12. The van der Waals surface area contributed by atoms with Crippen molar-refractivity contribution < 1.29 is 19.1 Å². The summed E-state index contributed by atoms with van der Waals surface area (Å²) in [6.07, 6.45) is 1.43. The smallest absolute Gasteiger partial charge is 0.243 e. The molecule has 2 rings (SSSR count). The lowest BCUT2D eigenvalue weighted by Gasteiger charge is -2.31. The molecule has 0 saturated carbocycles. The molecule has 0 heterocycles. The molecule has 0 radical (unpaired) electrons. The van der Waals surface area contributed by atoms with Gasteiger partial charge in [-0.15, -0.1) is 0 Å². The van der Waals surface area contributed by atoms with Crippen LogP contribution >= 0.6 is 0 Å². The number of ether oxygens (including phenoxy) is 2. The Hall–Kier alpha value is -3.02. The summed E-state index contributed by atoms with van der Waals surface area (Å²) >= 11 is 0. The zero-order valence-electron chi connectivity index (χ0n) is 19.9. The standard InChI is InChI=1S/C26H36N2O4/c1-6-24(26(30)27-19(2)3)28(18-21-10-7-9-20(4)17-21)25(29)11-8-16-32-23-14-12-22(31-5)13-15-23/h7,9-10,12-15,17,19,24H,6,8,11,16,18H2,1-5H3,(H,27,30). The van der Waals surface area contributed by atoms with Crippen LogP contribution < -0.4 is 14.8 Å². The molecule has 32 heavy (non-hydrogen) atoms. The summed E-state index contributed by atoms with van der Waals surface area (Å²) in [5, 5.41) is 2.96. The topological polar surface area (TPSA) is 67.9 Å². The van der Waals surface area contributed by atoms with Crippen LogP contribution in [0.3, 0.4) is 0 Å². The summed E-state index contributed by atoms with van der Waals surface area (Å²) < 4.78 is 10.9. The molecule has 6 heteroatoms. The Morgan fingerprint density at radius 3 is 2.34 bits per heavy atom. The summed E-state index contributed by atoms with van der Waals surface area (Å²) in [7, 11) is 1.62. The Morgan fingerprint density at radius 1 is 1.06 bits per heavy atom. The summed E-state index contributed by atoms with van der Waals surface area (Å²) in [4.78, 5) is 27.7. The molecule has 0 aliphatic rings. The van der Waals surface area contributed by atoms with Crippen molar-refractivity contribution in [2.45, 2.75) is 65.6 Å². The van der Waals surface area contributed by atoms with Gasteiger partial charge in [0.2, 0.25) is 11.8 Å². The first-order valence-electron chi connectivity index (χ1n) is 11.3. The Morgan fingerprint density at radius 2 is 1.75 bits per heavy atom. The third kappa shape index (κ3) is 7.91. The molecule has 0 fully saturated rings. The van der Waals surface area contributed by atoms with Gasteiger partial charge in [-0.25, -0.2) is 0 Å². The van der Waals surface area contributed by atoms with E-state index in [-0.39, 0.29) is 17.9 Å². The van der Waals surface area contributed by atoms with Gasteiger partial charge in [-0.1, -0.05) is 36.8 Å². The quantitative estimate of drug-likeness (QED) is 0.494. The van der Waals surface area contributed by atoms with Crippen molar-refractivity contribution in [3.05, 3.63) is 59.7 Å². The lowest BCUT2D eigenvalue weighted by molar-refractivity contribution is -0.141. The van der Waals surface area contributed by atoms with Gasteiger partial charge in [0.1, 0.15) is 17.5 Å². The van der Waals surface area contributed by atoms with E-state index in [9.17, 15) is 9.59 Å². The van der Waals surface area contributed by atoms with Crippen LogP contribution in [0.5, 0.6) is 11.5 Å². The molecular formula is C26H36N2O4. The number of nitrogens with one attached hydrogen (secondary N) is 1. The molecule has 1 unspecified atom stereocenters. The zero-order valence-corrected chi connectivity index (χ0v) is 19.9. The number of rotatable bonds is 12. The van der Waals surface area contributed by atoms with E-state index >= 15 is 0 Å². The van der Waals surface area contributed by atoms with Crippen LogP contribution in [0.25, 0.3) is 0 Å². The predicted octanol–water partition coefficient (Wildman–Crippen LogP) is 4.49. The molecule has 1 atom stereocenters. The first kappa shape index (κ1) is 25.2. The highest BCUT2D eigenvalue weighted by Crippen LogP contribution is 2.18. The van der Waals surface area contributed by atoms with Crippen molar-refractivity contribution >= 4 is 11.8 Å². The maximum atomic E-state index is 13.2. The van der Waals surface area contributed by atoms with Crippen LogP contribution in [0.15, 0.2) is 48.5 Å². The van der Waals surface area contributed by atoms with Gasteiger partial charge in [-0.3, -0.25) is 9.59 Å². The molecule has 2 aromatic rings. The first-order chi connectivity index (χ1) is 15.3. The van der Waals surface area contributed by atoms with Crippen molar-refractivity contribution in [3.63, 3.8) is 0 Å². The van der Waals surface area contributed by atoms with Crippen molar-refractivity contribution in [1.29, 1.82) is 0 Å². The van der Waals surface area contributed by atoms with Crippen LogP contribution in [0.2, 0.25) is 0 Å². The Kier molecular flexibility index (Phi) is 10.1. The lowest BCUT2D eigenvalue weighted by atomic mass is 10.1. The highest BCUT2D eigenvalue weighted by molar-refractivity contribution is 5.87. The molecule has 2 amide bonds. The van der Waals surface area contributed by atoms with Crippen LogP contribution in [-0.2, 0) is 16.1 Å². The number of methoxy groups -OCH3 is 1. The molecule has 0 aliphatic carbocycles. The van der Waals surface area contributed by atoms with Crippen LogP contribution in [-0.4, -0.2) is 42.5 Å². The molecule has 2 aromatic carbocycles. The van der Waals surface area contributed by atoms with E-state index in [1.54, 1.807) is 12.0 Å². The second kappa shape index (κ2) is 12.7. The third-order valence-electron chi connectivity index (χ3n) is 5.12. The number of hydrogen-bond donors (Lipinski definition) is 1. The Balaban J connectivity index is 2.03. The molecule has 1 N–H and O–H groups in total. The van der Waals surface area contributed by atoms with Gasteiger partial charge in [-0.2, -0.15) is 0 Å². The number of aryl methyl sites for hydroxylation is 1. The van der Waals surface area contributed by atoms with Gasteiger partial charge >= 0.3 is 0 Å². The van der Waals surface area contributed by atoms with Gasteiger partial charge in [0, 0.05) is 19.0 Å². The minimum absolute atomic E-state index is 0.0189. The predicted molar refractivity (Wildman–Crippen MR) is 127 cm³/mol. The maximum Gasteiger partial charge on any atom is 0.243 e. The molecule has 0 aromatic heterocycles. The van der Waals surface area contributed by atoms with Crippen LogP contribution in [0.1, 0.15) is 51.2 Å². The summed E-state index contributed by atoms with van der Waals surface area (Å²) in [6.45, 7) is 8.64. The van der Waals surface area contributed by atoms with E-state index in [1.807, 2.05) is 70.2 Å². The minimum Gasteiger partial charge on any atom is -0.497 e. The minimum atomic E-state index is -0.507. The van der Waals surface area contributed by atoms with Gasteiger partial charge in [0.05, 0.1) is 13.7 Å². The number of benzene rings is 2. The van der Waals surface area contributed by atoms with E-state index in [0.717, 1.165) is 22.6 Å². The molecule has 174 valence electrons. The van der Waals surface area contributed by atoms with E-state index < -0.39 is 6.04 Å². The summed E-state index contributed by atoms with van der Waals surface area (Å²) in [6, 6.07) is 14.9. The Bertz CT molecular complexity index is 864. The number of nitrogens with zero attached hydrogens (tertiary/aromatic N) is 1. The molecule has 0 bridgehead atoms. The fourth-order valence-corrected chi connectivity index (χ4v) is 3.54. The fourth-order valence-electron chi connectivity index (χ4n) is 3.54. The van der Waals surface area contributed by atoms with Gasteiger partial charge < -0.3 is 19.7 Å². The van der Waals surface area contributed by atoms with Crippen LogP contribution in [0.4, 0.5) is 0 Å². The van der Waals surface area contributed by atoms with E-state index in [4.69, 9.17) is 9.47 Å². The van der Waals surface area contributed by atoms with E-state index in [0.29, 0.717) is 32.4 Å². The van der Waals surface area contributed by atoms with Crippen molar-refractivity contribution in [2.75, 3.05) is 13.7 Å². The largest absolute Gasteiger partial charge is 0.497 e. The van der Waals surface area contributed by atoms with E-state index in [2.05, 4.69) is 11.4 Å². The van der Waals surface area contributed by atoms with Crippen molar-refractivity contribution in [1.82, 2.24) is 10.2 Å². The van der Waals surface area contributed by atoms with Gasteiger partial charge in [-0.05, 0) is 63.4 Å².